The smallest absolute Gasteiger partial charge is 0.311 e. The number of hydrogen-bond donors (Lipinski definition) is 1. The third-order valence-corrected chi connectivity index (χ3v) is 3.24. The van der Waals surface area contributed by atoms with E-state index in [0.29, 0.717) is 18.7 Å². The summed E-state index contributed by atoms with van der Waals surface area (Å²) in [6.07, 6.45) is 0. The van der Waals surface area contributed by atoms with E-state index in [1.807, 2.05) is 0 Å². The predicted molar refractivity (Wildman–Crippen MR) is 71.3 cm³/mol. The summed E-state index contributed by atoms with van der Waals surface area (Å²) in [4.78, 5) is 12.2. The zero-order valence-corrected chi connectivity index (χ0v) is 11.9. The molecule has 2 atom stereocenters. The summed E-state index contributed by atoms with van der Waals surface area (Å²) in [5.74, 6) is -2.28. The molecule has 5 heteroatoms. The van der Waals surface area contributed by atoms with E-state index < -0.39 is 23.2 Å². The lowest BCUT2D eigenvalue weighted by molar-refractivity contribution is -0.159. The first kappa shape index (κ1) is 14.9. The summed E-state index contributed by atoms with van der Waals surface area (Å²) in [5, 5.41) is 3.08. The molecule has 0 amide bonds. The molecule has 1 aliphatic rings. The fourth-order valence-electron chi connectivity index (χ4n) is 2.44. The van der Waals surface area contributed by atoms with Gasteiger partial charge in [0.2, 0.25) is 0 Å². The Labute approximate surface area is 117 Å². The van der Waals surface area contributed by atoms with Gasteiger partial charge in [0.25, 0.3) is 0 Å². The molecular weight excluding hydrogens is 264 g/mol. The molecule has 0 spiro atoms. The fraction of sp³-hybridized carbons (Fsp3) is 0.533. The summed E-state index contributed by atoms with van der Waals surface area (Å²) in [5.41, 5.74) is -0.0828. The molecule has 1 aromatic rings. The maximum atomic E-state index is 13.3. The molecule has 0 aliphatic carbocycles. The van der Waals surface area contributed by atoms with Crippen molar-refractivity contribution in [1.29, 1.82) is 0 Å². The predicted octanol–water partition coefficient (Wildman–Crippen LogP) is 2.61. The van der Waals surface area contributed by atoms with Gasteiger partial charge in [-0.15, -0.1) is 0 Å². The van der Waals surface area contributed by atoms with E-state index >= 15 is 0 Å². The minimum absolute atomic E-state index is 0.268. The zero-order valence-electron chi connectivity index (χ0n) is 11.9. The van der Waals surface area contributed by atoms with Crippen molar-refractivity contribution < 1.29 is 18.3 Å². The number of carbonyl (C=O) groups is 1. The maximum Gasteiger partial charge on any atom is 0.311 e. The molecule has 3 nitrogen and oxygen atoms in total. The summed E-state index contributed by atoms with van der Waals surface area (Å²) >= 11 is 0. The molecule has 0 saturated carbocycles. The van der Waals surface area contributed by atoms with Gasteiger partial charge in [-0.3, -0.25) is 4.79 Å². The van der Waals surface area contributed by atoms with E-state index in [-0.39, 0.29) is 11.9 Å². The van der Waals surface area contributed by atoms with Crippen LogP contribution in [0.2, 0.25) is 0 Å². The molecule has 1 saturated heterocycles. The number of carbonyl (C=O) groups excluding carboxylic acids is 1. The van der Waals surface area contributed by atoms with Crippen molar-refractivity contribution in [2.45, 2.75) is 32.3 Å². The lowest BCUT2D eigenvalue weighted by Gasteiger charge is -2.24. The fourth-order valence-corrected chi connectivity index (χ4v) is 2.44. The zero-order chi connectivity index (χ0) is 14.9. The van der Waals surface area contributed by atoms with Crippen LogP contribution in [0.25, 0.3) is 0 Å². The Balaban J connectivity index is 2.20. The van der Waals surface area contributed by atoms with Gasteiger partial charge >= 0.3 is 5.97 Å². The van der Waals surface area contributed by atoms with Gasteiger partial charge in [0, 0.05) is 25.1 Å². The van der Waals surface area contributed by atoms with E-state index in [9.17, 15) is 13.6 Å². The van der Waals surface area contributed by atoms with Gasteiger partial charge in [-0.25, -0.2) is 8.78 Å². The molecule has 0 radical (unpaired) electrons. The molecular formula is C15H19F2NO2. The lowest BCUT2D eigenvalue weighted by atomic mass is 9.88. The molecule has 0 unspecified atom stereocenters. The van der Waals surface area contributed by atoms with E-state index in [1.54, 1.807) is 20.8 Å². The van der Waals surface area contributed by atoms with Crippen LogP contribution in [0.3, 0.4) is 0 Å². The molecule has 1 heterocycles. The number of hydrogen-bond acceptors (Lipinski definition) is 3. The Morgan fingerprint density at radius 1 is 1.20 bits per heavy atom. The van der Waals surface area contributed by atoms with Crippen molar-refractivity contribution >= 4 is 5.97 Å². The van der Waals surface area contributed by atoms with E-state index in [4.69, 9.17) is 4.74 Å². The lowest BCUT2D eigenvalue weighted by Crippen LogP contribution is -2.31. The molecule has 110 valence electrons. The van der Waals surface area contributed by atoms with Gasteiger partial charge in [0.05, 0.1) is 5.92 Å². The largest absolute Gasteiger partial charge is 0.460 e. The second kappa shape index (κ2) is 5.48. The van der Waals surface area contributed by atoms with Crippen molar-refractivity contribution in [3.63, 3.8) is 0 Å². The van der Waals surface area contributed by atoms with Crippen molar-refractivity contribution in [2.75, 3.05) is 13.1 Å². The molecule has 1 aliphatic heterocycles. The van der Waals surface area contributed by atoms with Crippen LogP contribution < -0.4 is 5.32 Å². The molecule has 1 fully saturated rings. The minimum Gasteiger partial charge on any atom is -0.460 e. The Kier molecular flexibility index (Phi) is 4.09. The normalized spacial score (nSPS) is 22.9. The second-order valence-electron chi connectivity index (χ2n) is 6.11. The van der Waals surface area contributed by atoms with Crippen molar-refractivity contribution in [3.05, 3.63) is 35.4 Å². The van der Waals surface area contributed by atoms with Crippen LogP contribution in [0.5, 0.6) is 0 Å². The monoisotopic (exact) mass is 283 g/mol. The molecule has 0 bridgehead atoms. The highest BCUT2D eigenvalue weighted by molar-refractivity contribution is 5.75. The van der Waals surface area contributed by atoms with Crippen LogP contribution >= 0.6 is 0 Å². The second-order valence-corrected chi connectivity index (χ2v) is 6.11. The topological polar surface area (TPSA) is 38.3 Å². The third kappa shape index (κ3) is 3.54. The van der Waals surface area contributed by atoms with Gasteiger partial charge < -0.3 is 10.1 Å². The first-order valence-corrected chi connectivity index (χ1v) is 6.66. The maximum absolute atomic E-state index is 13.3. The molecule has 0 aromatic heterocycles. The average Bonchev–Trinajstić information content (AvgIpc) is 2.73. The SMILES string of the molecule is CC(C)(C)OC(=O)[C@@H]1CNC[C@H]1c1cc(F)cc(F)c1. The van der Waals surface area contributed by atoms with Gasteiger partial charge in [0.15, 0.2) is 0 Å². The first-order chi connectivity index (χ1) is 9.26. The highest BCUT2D eigenvalue weighted by atomic mass is 19.1. The Bertz CT molecular complexity index is 491. The Morgan fingerprint density at radius 2 is 1.80 bits per heavy atom. The number of ether oxygens (including phenoxy) is 1. The Morgan fingerprint density at radius 3 is 2.35 bits per heavy atom. The number of benzene rings is 1. The molecule has 1 N–H and O–H groups in total. The molecule has 20 heavy (non-hydrogen) atoms. The number of nitrogens with one attached hydrogen (secondary N) is 1. The van der Waals surface area contributed by atoms with E-state index in [1.165, 1.54) is 12.1 Å². The van der Waals surface area contributed by atoms with Crippen LogP contribution in [0, 0.1) is 17.6 Å². The van der Waals surface area contributed by atoms with Crippen LogP contribution in [0.4, 0.5) is 8.78 Å². The Hall–Kier alpha value is -1.49. The van der Waals surface area contributed by atoms with E-state index in [2.05, 4.69) is 5.32 Å². The molecule has 2 rings (SSSR count). The average molecular weight is 283 g/mol. The first-order valence-electron chi connectivity index (χ1n) is 6.66. The van der Waals surface area contributed by atoms with Crippen LogP contribution in [-0.2, 0) is 9.53 Å². The summed E-state index contributed by atoms with van der Waals surface area (Å²) in [7, 11) is 0. The standard InChI is InChI=1S/C15H19F2NO2/c1-15(2,3)20-14(19)13-8-18-7-12(13)9-4-10(16)6-11(17)5-9/h4-6,12-13,18H,7-8H2,1-3H3/t12-,13+/m0/s1. The minimum atomic E-state index is -0.630. The molecule has 1 aromatic carbocycles. The quantitative estimate of drug-likeness (QED) is 0.848. The van der Waals surface area contributed by atoms with Crippen molar-refractivity contribution in [3.8, 4) is 0 Å². The number of halogens is 2. The van der Waals surface area contributed by atoms with Crippen molar-refractivity contribution in [2.24, 2.45) is 5.92 Å². The van der Waals surface area contributed by atoms with Gasteiger partial charge in [0.1, 0.15) is 17.2 Å². The van der Waals surface area contributed by atoms with Crippen LogP contribution in [0.1, 0.15) is 32.3 Å². The number of esters is 1. The third-order valence-electron chi connectivity index (χ3n) is 3.24. The van der Waals surface area contributed by atoms with Crippen LogP contribution in [-0.4, -0.2) is 24.7 Å². The van der Waals surface area contributed by atoms with Gasteiger partial charge in [-0.05, 0) is 38.5 Å². The van der Waals surface area contributed by atoms with E-state index in [0.717, 1.165) is 6.07 Å². The van der Waals surface area contributed by atoms with Crippen molar-refractivity contribution in [1.82, 2.24) is 5.32 Å². The van der Waals surface area contributed by atoms with Crippen LogP contribution in [0.15, 0.2) is 18.2 Å². The number of rotatable bonds is 2. The highest BCUT2D eigenvalue weighted by Gasteiger charge is 2.37. The highest BCUT2D eigenvalue weighted by Crippen LogP contribution is 2.31. The van der Waals surface area contributed by atoms with Gasteiger partial charge in [-0.2, -0.15) is 0 Å². The summed E-state index contributed by atoms with van der Waals surface area (Å²) in [6.45, 7) is 6.35. The van der Waals surface area contributed by atoms with Gasteiger partial charge in [-0.1, -0.05) is 0 Å². The summed E-state index contributed by atoms with van der Waals surface area (Å²) < 4.78 is 32.0. The summed E-state index contributed by atoms with van der Waals surface area (Å²) in [6, 6.07) is 3.38.